The molecule has 0 bridgehead atoms. The summed E-state index contributed by atoms with van der Waals surface area (Å²) in [6, 6.07) is 0.268. The standard InChI is InChI=1S/C15H15BrF3NO3/c1-3-23-15(22)9(7-20-5-4-16)14(21)12-8(2)13(19)11(18)6-10(12)17/h6-7,20H,3-5H2,1-2H3/b9-7+. The van der Waals surface area contributed by atoms with Gasteiger partial charge >= 0.3 is 5.97 Å². The minimum absolute atomic E-state index is 0.00113. The number of esters is 1. The van der Waals surface area contributed by atoms with E-state index in [4.69, 9.17) is 4.74 Å². The summed E-state index contributed by atoms with van der Waals surface area (Å²) in [4.78, 5) is 24.3. The molecule has 1 N–H and O–H groups in total. The van der Waals surface area contributed by atoms with Crippen molar-refractivity contribution < 1.29 is 27.5 Å². The monoisotopic (exact) mass is 393 g/mol. The minimum Gasteiger partial charge on any atom is -0.462 e. The van der Waals surface area contributed by atoms with Crippen LogP contribution in [0.4, 0.5) is 13.2 Å². The van der Waals surface area contributed by atoms with Gasteiger partial charge in [-0.05, 0) is 13.8 Å². The van der Waals surface area contributed by atoms with Crippen LogP contribution in [0.1, 0.15) is 22.8 Å². The number of Topliss-reactive ketones (excluding diaryl/α,β-unsaturated/α-hetero) is 1. The molecule has 0 saturated heterocycles. The first-order chi connectivity index (χ1) is 10.8. The van der Waals surface area contributed by atoms with Crippen molar-refractivity contribution in [1.29, 1.82) is 0 Å². The number of carbonyl (C=O) groups is 2. The lowest BCUT2D eigenvalue weighted by Gasteiger charge is -2.11. The molecule has 0 aliphatic rings. The first-order valence-electron chi connectivity index (χ1n) is 6.70. The highest BCUT2D eigenvalue weighted by atomic mass is 79.9. The fraction of sp³-hybridized carbons (Fsp3) is 0.333. The van der Waals surface area contributed by atoms with Crippen molar-refractivity contribution in [3.63, 3.8) is 0 Å². The Balaban J connectivity index is 3.33. The van der Waals surface area contributed by atoms with Gasteiger partial charge in [-0.15, -0.1) is 0 Å². The molecule has 1 aromatic rings. The Bertz CT molecular complexity index is 647. The number of halogens is 4. The molecule has 0 aliphatic carbocycles. The van der Waals surface area contributed by atoms with Crippen LogP contribution in [0, 0.1) is 24.4 Å². The Morgan fingerprint density at radius 2 is 1.96 bits per heavy atom. The molecule has 0 amide bonds. The molecule has 0 aliphatic heterocycles. The van der Waals surface area contributed by atoms with Crippen molar-refractivity contribution in [3.05, 3.63) is 46.4 Å². The fourth-order valence-electron chi connectivity index (χ4n) is 1.78. The maximum atomic E-state index is 13.9. The Kier molecular flexibility index (Phi) is 7.28. The van der Waals surface area contributed by atoms with Gasteiger partial charge in [-0.1, -0.05) is 15.9 Å². The molecule has 0 heterocycles. The zero-order valence-electron chi connectivity index (χ0n) is 12.5. The minimum atomic E-state index is -1.41. The topological polar surface area (TPSA) is 55.4 Å². The van der Waals surface area contributed by atoms with Crippen LogP contribution >= 0.6 is 15.9 Å². The van der Waals surface area contributed by atoms with Crippen molar-refractivity contribution in [2.24, 2.45) is 0 Å². The Morgan fingerprint density at radius 1 is 1.30 bits per heavy atom. The number of rotatable bonds is 7. The maximum Gasteiger partial charge on any atom is 0.343 e. The average Bonchev–Trinajstić information content (AvgIpc) is 2.49. The second-order valence-corrected chi connectivity index (χ2v) is 5.20. The molecule has 0 spiro atoms. The Labute approximate surface area is 139 Å². The van der Waals surface area contributed by atoms with Gasteiger partial charge in [0.25, 0.3) is 0 Å². The summed E-state index contributed by atoms with van der Waals surface area (Å²) < 4.78 is 45.4. The van der Waals surface area contributed by atoms with Crippen molar-refractivity contribution in [1.82, 2.24) is 5.32 Å². The number of alkyl halides is 1. The van der Waals surface area contributed by atoms with E-state index in [0.717, 1.165) is 13.1 Å². The summed E-state index contributed by atoms with van der Waals surface area (Å²) in [6.07, 6.45) is 1.07. The number of benzene rings is 1. The van der Waals surface area contributed by atoms with Crippen LogP contribution in [-0.4, -0.2) is 30.2 Å². The summed E-state index contributed by atoms with van der Waals surface area (Å²) in [5, 5.41) is 3.20. The zero-order valence-corrected chi connectivity index (χ0v) is 14.1. The van der Waals surface area contributed by atoms with Crippen LogP contribution in [0.25, 0.3) is 0 Å². The molecule has 0 aromatic heterocycles. The molecule has 4 nitrogen and oxygen atoms in total. The van der Waals surface area contributed by atoms with Crippen molar-refractivity contribution in [2.45, 2.75) is 13.8 Å². The lowest BCUT2D eigenvalue weighted by atomic mass is 9.98. The van der Waals surface area contributed by atoms with E-state index in [9.17, 15) is 22.8 Å². The Morgan fingerprint density at radius 3 is 2.52 bits per heavy atom. The summed E-state index contributed by atoms with van der Waals surface area (Å²) in [7, 11) is 0. The third-order valence-electron chi connectivity index (χ3n) is 2.86. The van der Waals surface area contributed by atoms with Crippen LogP contribution in [0.3, 0.4) is 0 Å². The maximum absolute atomic E-state index is 13.9. The van der Waals surface area contributed by atoms with E-state index < -0.39 is 45.9 Å². The largest absolute Gasteiger partial charge is 0.462 e. The van der Waals surface area contributed by atoms with Crippen LogP contribution in [0.2, 0.25) is 0 Å². The summed E-state index contributed by atoms with van der Waals surface area (Å²) in [6.45, 7) is 2.98. The van der Waals surface area contributed by atoms with E-state index in [-0.39, 0.29) is 12.7 Å². The predicted molar refractivity (Wildman–Crippen MR) is 81.9 cm³/mol. The molecule has 23 heavy (non-hydrogen) atoms. The lowest BCUT2D eigenvalue weighted by molar-refractivity contribution is -0.138. The van der Waals surface area contributed by atoms with Gasteiger partial charge in [-0.25, -0.2) is 18.0 Å². The molecule has 126 valence electrons. The van der Waals surface area contributed by atoms with Crippen molar-refractivity contribution in [3.8, 4) is 0 Å². The van der Waals surface area contributed by atoms with Gasteiger partial charge in [0.1, 0.15) is 11.4 Å². The van der Waals surface area contributed by atoms with Crippen LogP contribution < -0.4 is 5.32 Å². The van der Waals surface area contributed by atoms with E-state index in [1.165, 1.54) is 6.92 Å². The first kappa shape index (κ1) is 19.2. The molecule has 0 radical (unpaired) electrons. The molecular weight excluding hydrogens is 379 g/mol. The molecule has 1 aromatic carbocycles. The molecule has 0 unspecified atom stereocenters. The molecule has 8 heteroatoms. The number of nitrogens with one attached hydrogen (secondary N) is 1. The SMILES string of the molecule is CCOC(=O)/C(=C/NCCBr)C(=O)c1c(F)cc(F)c(F)c1C. The van der Waals surface area contributed by atoms with Gasteiger partial charge in [0, 0.05) is 29.7 Å². The number of hydrogen-bond donors (Lipinski definition) is 1. The second-order valence-electron chi connectivity index (χ2n) is 4.40. The van der Waals surface area contributed by atoms with Crippen LogP contribution in [-0.2, 0) is 9.53 Å². The summed E-state index contributed by atoms with van der Waals surface area (Å²) in [5.74, 6) is -6.06. The Hall–Kier alpha value is -1.83. The van der Waals surface area contributed by atoms with E-state index in [1.807, 2.05) is 0 Å². The van der Waals surface area contributed by atoms with Gasteiger partial charge in [0.15, 0.2) is 11.6 Å². The number of carbonyl (C=O) groups excluding carboxylic acids is 2. The quantitative estimate of drug-likeness (QED) is 0.113. The number of hydrogen-bond acceptors (Lipinski definition) is 4. The van der Waals surface area contributed by atoms with Gasteiger partial charge in [-0.2, -0.15) is 0 Å². The molecular formula is C15H15BrF3NO3. The van der Waals surface area contributed by atoms with Gasteiger partial charge in [0.2, 0.25) is 5.78 Å². The lowest BCUT2D eigenvalue weighted by Crippen LogP contribution is -2.22. The molecule has 0 saturated carbocycles. The van der Waals surface area contributed by atoms with E-state index in [1.54, 1.807) is 0 Å². The van der Waals surface area contributed by atoms with Crippen LogP contribution in [0.5, 0.6) is 0 Å². The highest BCUT2D eigenvalue weighted by molar-refractivity contribution is 9.09. The zero-order chi connectivity index (χ0) is 17.6. The number of ketones is 1. The van der Waals surface area contributed by atoms with E-state index >= 15 is 0 Å². The van der Waals surface area contributed by atoms with E-state index in [2.05, 4.69) is 21.2 Å². The molecule has 0 atom stereocenters. The molecule has 0 fully saturated rings. The summed E-state index contributed by atoms with van der Waals surface area (Å²) in [5.41, 5.74) is -1.71. The molecule has 1 rings (SSSR count). The van der Waals surface area contributed by atoms with Gasteiger partial charge in [-0.3, -0.25) is 4.79 Å². The second kappa shape index (κ2) is 8.71. The third kappa shape index (κ3) is 4.57. The highest BCUT2D eigenvalue weighted by Gasteiger charge is 2.28. The smallest absolute Gasteiger partial charge is 0.343 e. The van der Waals surface area contributed by atoms with Crippen molar-refractivity contribution in [2.75, 3.05) is 18.5 Å². The van der Waals surface area contributed by atoms with Crippen LogP contribution in [0.15, 0.2) is 17.8 Å². The fourth-order valence-corrected chi connectivity index (χ4v) is 2.01. The van der Waals surface area contributed by atoms with E-state index in [0.29, 0.717) is 11.9 Å². The van der Waals surface area contributed by atoms with Gasteiger partial charge in [0.05, 0.1) is 12.2 Å². The van der Waals surface area contributed by atoms with Crippen molar-refractivity contribution >= 4 is 27.7 Å². The number of ether oxygens (including phenoxy) is 1. The summed E-state index contributed by atoms with van der Waals surface area (Å²) >= 11 is 3.15. The predicted octanol–water partition coefficient (Wildman–Crippen LogP) is 3.03. The van der Waals surface area contributed by atoms with Gasteiger partial charge < -0.3 is 10.1 Å². The average molecular weight is 394 g/mol. The third-order valence-corrected chi connectivity index (χ3v) is 3.25. The first-order valence-corrected chi connectivity index (χ1v) is 7.82. The normalized spacial score (nSPS) is 11.3. The highest BCUT2D eigenvalue weighted by Crippen LogP contribution is 2.23.